The number of nitrogens with zero attached hydrogens (tertiary/aromatic N) is 3. The molecule has 3 aromatic rings. The molecule has 0 saturated carbocycles. The van der Waals surface area contributed by atoms with Crippen LogP contribution in [-0.2, 0) is 35.9 Å². The summed E-state index contributed by atoms with van der Waals surface area (Å²) in [5.41, 5.74) is 2.33. The fourth-order valence-corrected chi connectivity index (χ4v) is 5.80. The number of thioether (sulfide) groups is 1. The zero-order valence-electron chi connectivity index (χ0n) is 17.8. The van der Waals surface area contributed by atoms with Crippen LogP contribution in [0.4, 0.5) is 0 Å². The normalized spacial score (nSPS) is 15.5. The third kappa shape index (κ3) is 5.25. The van der Waals surface area contributed by atoms with Gasteiger partial charge >= 0.3 is 0 Å². The summed E-state index contributed by atoms with van der Waals surface area (Å²) in [6, 6.07) is 11.6. The van der Waals surface area contributed by atoms with E-state index in [9.17, 15) is 9.59 Å². The van der Waals surface area contributed by atoms with Gasteiger partial charge in [-0.25, -0.2) is 0 Å². The SMILES string of the molecule is CCC1CCc2sc(-c3nnc(SCC(=O)NC(=O)Cc4ccccc4)n3C)cc2C1. The van der Waals surface area contributed by atoms with Crippen LogP contribution in [0.1, 0.15) is 35.8 Å². The fraction of sp³-hybridized carbons (Fsp3) is 0.391. The van der Waals surface area contributed by atoms with Gasteiger partial charge in [0.15, 0.2) is 11.0 Å². The maximum absolute atomic E-state index is 12.2. The number of carbonyl (C=O) groups excluding carboxylic acids is 2. The lowest BCUT2D eigenvalue weighted by Gasteiger charge is -2.19. The van der Waals surface area contributed by atoms with E-state index in [0.717, 1.165) is 35.0 Å². The molecule has 1 unspecified atom stereocenters. The van der Waals surface area contributed by atoms with Crippen LogP contribution in [-0.4, -0.2) is 32.3 Å². The topological polar surface area (TPSA) is 76.9 Å². The number of fused-ring (bicyclic) bond motifs is 1. The van der Waals surface area contributed by atoms with Crippen LogP contribution in [0.3, 0.4) is 0 Å². The van der Waals surface area contributed by atoms with Crippen molar-refractivity contribution in [2.45, 2.75) is 44.2 Å². The van der Waals surface area contributed by atoms with Crippen molar-refractivity contribution in [1.82, 2.24) is 20.1 Å². The van der Waals surface area contributed by atoms with Crippen molar-refractivity contribution in [2.24, 2.45) is 13.0 Å². The summed E-state index contributed by atoms with van der Waals surface area (Å²) in [5.74, 6) is 1.10. The number of amides is 2. The van der Waals surface area contributed by atoms with Crippen LogP contribution in [0.5, 0.6) is 0 Å². The third-order valence-electron chi connectivity index (χ3n) is 5.64. The van der Waals surface area contributed by atoms with E-state index >= 15 is 0 Å². The summed E-state index contributed by atoms with van der Waals surface area (Å²) in [7, 11) is 1.92. The van der Waals surface area contributed by atoms with Crippen molar-refractivity contribution >= 4 is 34.9 Å². The Morgan fingerprint density at radius 1 is 1.23 bits per heavy atom. The molecule has 0 radical (unpaired) electrons. The highest BCUT2D eigenvalue weighted by molar-refractivity contribution is 7.99. The van der Waals surface area contributed by atoms with E-state index in [1.807, 2.05) is 41.9 Å². The molecule has 4 rings (SSSR count). The Labute approximate surface area is 190 Å². The second-order valence-corrected chi connectivity index (χ2v) is 9.94. The Kier molecular flexibility index (Phi) is 6.87. The number of hydrogen-bond acceptors (Lipinski definition) is 6. The highest BCUT2D eigenvalue weighted by Crippen LogP contribution is 2.37. The van der Waals surface area contributed by atoms with Gasteiger partial charge in [0.1, 0.15) is 0 Å². The summed E-state index contributed by atoms with van der Waals surface area (Å²) in [4.78, 5) is 26.8. The summed E-state index contributed by atoms with van der Waals surface area (Å²) in [5, 5.41) is 11.7. The molecule has 1 aromatic carbocycles. The van der Waals surface area contributed by atoms with Crippen LogP contribution in [0, 0.1) is 5.92 Å². The second-order valence-electron chi connectivity index (χ2n) is 7.86. The number of rotatable bonds is 7. The van der Waals surface area contributed by atoms with Crippen molar-refractivity contribution in [3.63, 3.8) is 0 Å². The number of benzene rings is 1. The quantitative estimate of drug-likeness (QED) is 0.545. The molecule has 8 heteroatoms. The summed E-state index contributed by atoms with van der Waals surface area (Å²) >= 11 is 3.09. The Bertz CT molecular complexity index is 1070. The molecule has 0 spiro atoms. The first-order valence-corrected chi connectivity index (χ1v) is 12.3. The Balaban J connectivity index is 1.34. The molecule has 0 fully saturated rings. The van der Waals surface area contributed by atoms with E-state index in [4.69, 9.17) is 0 Å². The van der Waals surface area contributed by atoms with Crippen molar-refractivity contribution < 1.29 is 9.59 Å². The van der Waals surface area contributed by atoms with Crippen LogP contribution in [0.25, 0.3) is 10.7 Å². The van der Waals surface area contributed by atoms with Gasteiger partial charge < -0.3 is 4.57 Å². The minimum Gasteiger partial charge on any atom is -0.304 e. The number of hydrogen-bond donors (Lipinski definition) is 1. The number of nitrogens with one attached hydrogen (secondary N) is 1. The van der Waals surface area contributed by atoms with E-state index in [2.05, 4.69) is 28.5 Å². The molecular formula is C23H26N4O2S2. The minimum absolute atomic E-state index is 0.117. The molecule has 162 valence electrons. The lowest BCUT2D eigenvalue weighted by atomic mass is 9.87. The molecule has 0 bridgehead atoms. The maximum Gasteiger partial charge on any atom is 0.237 e. The van der Waals surface area contributed by atoms with Gasteiger partial charge in [0.2, 0.25) is 11.8 Å². The highest BCUT2D eigenvalue weighted by Gasteiger charge is 2.22. The zero-order valence-corrected chi connectivity index (χ0v) is 19.4. The number of aromatic nitrogens is 3. The van der Waals surface area contributed by atoms with Gasteiger partial charge in [-0.1, -0.05) is 55.4 Å². The standard InChI is InChI=1S/C23H26N4O2S2/c1-3-15-9-10-18-17(11-15)13-19(31-18)22-25-26-23(27(22)2)30-14-21(29)24-20(28)12-16-7-5-4-6-8-16/h4-8,13,15H,3,9-12,14H2,1-2H3,(H,24,28,29). The molecule has 6 nitrogen and oxygen atoms in total. The summed E-state index contributed by atoms with van der Waals surface area (Å²) < 4.78 is 1.93. The zero-order chi connectivity index (χ0) is 21.8. The molecule has 2 heterocycles. The molecule has 1 aliphatic rings. The lowest BCUT2D eigenvalue weighted by Crippen LogP contribution is -2.33. The van der Waals surface area contributed by atoms with Gasteiger partial charge in [0.25, 0.3) is 0 Å². The van der Waals surface area contributed by atoms with Crippen LogP contribution in [0.2, 0.25) is 0 Å². The van der Waals surface area contributed by atoms with Gasteiger partial charge in [-0.3, -0.25) is 14.9 Å². The van der Waals surface area contributed by atoms with E-state index in [1.165, 1.54) is 35.0 Å². The number of aryl methyl sites for hydroxylation is 1. The monoisotopic (exact) mass is 454 g/mol. The first-order valence-electron chi connectivity index (χ1n) is 10.5. The summed E-state index contributed by atoms with van der Waals surface area (Å²) in [6.07, 6.45) is 4.98. The van der Waals surface area contributed by atoms with E-state index in [0.29, 0.717) is 5.16 Å². The molecule has 0 aliphatic heterocycles. The van der Waals surface area contributed by atoms with Gasteiger partial charge in [-0.05, 0) is 42.4 Å². The fourth-order valence-electron chi connectivity index (χ4n) is 3.86. The highest BCUT2D eigenvalue weighted by atomic mass is 32.2. The first-order chi connectivity index (χ1) is 15.0. The smallest absolute Gasteiger partial charge is 0.237 e. The summed E-state index contributed by atoms with van der Waals surface area (Å²) in [6.45, 7) is 2.26. The maximum atomic E-state index is 12.2. The van der Waals surface area contributed by atoms with E-state index in [-0.39, 0.29) is 24.0 Å². The van der Waals surface area contributed by atoms with Crippen molar-refractivity contribution in [2.75, 3.05) is 5.75 Å². The number of carbonyl (C=O) groups is 2. The number of thiophene rings is 1. The van der Waals surface area contributed by atoms with Crippen LogP contribution >= 0.6 is 23.1 Å². The Morgan fingerprint density at radius 2 is 2.03 bits per heavy atom. The van der Waals surface area contributed by atoms with Gasteiger partial charge in [-0.15, -0.1) is 21.5 Å². The molecule has 2 amide bonds. The molecule has 1 N–H and O–H groups in total. The minimum atomic E-state index is -0.326. The van der Waals surface area contributed by atoms with E-state index < -0.39 is 0 Å². The first kappa shape index (κ1) is 21.8. The van der Waals surface area contributed by atoms with Gasteiger partial charge in [0, 0.05) is 11.9 Å². The molecule has 2 aromatic heterocycles. The van der Waals surface area contributed by atoms with Crippen LogP contribution < -0.4 is 5.32 Å². The predicted molar refractivity (Wildman–Crippen MR) is 124 cm³/mol. The Hall–Kier alpha value is -2.45. The second kappa shape index (κ2) is 9.78. The van der Waals surface area contributed by atoms with Gasteiger partial charge in [0.05, 0.1) is 17.1 Å². The molecule has 1 atom stereocenters. The van der Waals surface area contributed by atoms with Gasteiger partial charge in [-0.2, -0.15) is 0 Å². The average molecular weight is 455 g/mol. The predicted octanol–water partition coefficient (Wildman–Crippen LogP) is 4.04. The van der Waals surface area contributed by atoms with Crippen molar-refractivity contribution in [1.29, 1.82) is 0 Å². The van der Waals surface area contributed by atoms with Crippen molar-refractivity contribution in [3.05, 3.63) is 52.4 Å². The largest absolute Gasteiger partial charge is 0.304 e. The molecule has 31 heavy (non-hydrogen) atoms. The number of imide groups is 1. The molecule has 1 aliphatic carbocycles. The van der Waals surface area contributed by atoms with E-state index in [1.54, 1.807) is 11.3 Å². The third-order valence-corrected chi connectivity index (χ3v) is 7.89. The Morgan fingerprint density at radius 3 is 2.81 bits per heavy atom. The lowest BCUT2D eigenvalue weighted by molar-refractivity contribution is -0.128. The molecule has 0 saturated heterocycles. The van der Waals surface area contributed by atoms with Crippen LogP contribution in [0.15, 0.2) is 41.6 Å². The average Bonchev–Trinajstić information content (AvgIpc) is 3.35. The van der Waals surface area contributed by atoms with Crippen molar-refractivity contribution in [3.8, 4) is 10.7 Å². The molecular weight excluding hydrogens is 428 g/mol.